The summed E-state index contributed by atoms with van der Waals surface area (Å²) in [6.07, 6.45) is 2.93. The van der Waals surface area contributed by atoms with Gasteiger partial charge in [-0.2, -0.15) is 0 Å². The van der Waals surface area contributed by atoms with Gasteiger partial charge < -0.3 is 25.4 Å². The summed E-state index contributed by atoms with van der Waals surface area (Å²) < 4.78 is 1.71. The van der Waals surface area contributed by atoms with Crippen LogP contribution in [0, 0.1) is 23.2 Å². The highest BCUT2D eigenvalue weighted by Gasteiger charge is 2.75. The van der Waals surface area contributed by atoms with Crippen molar-refractivity contribution in [2.45, 2.75) is 24.7 Å². The number of imidazole rings is 1. The molecule has 5 rings (SSSR count). The van der Waals surface area contributed by atoms with Gasteiger partial charge in [0.25, 0.3) is 0 Å². The highest BCUT2D eigenvalue weighted by Crippen LogP contribution is 2.67. The topological polar surface area (TPSA) is 151 Å². The number of aliphatic hydroxyl groups excluding tert-OH is 2. The van der Waals surface area contributed by atoms with Crippen LogP contribution in [0.4, 0.5) is 5.82 Å². The number of nitrogens with one attached hydrogen (secondary N) is 2. The van der Waals surface area contributed by atoms with E-state index in [9.17, 15) is 15.0 Å². The summed E-state index contributed by atoms with van der Waals surface area (Å²) in [5.41, 5.74) is -0.0287. The number of carbonyl (C=O) groups excluding carboxylic acids is 1. The molecule has 4 N–H and O–H groups in total. The summed E-state index contributed by atoms with van der Waals surface area (Å²) in [6.45, 7) is 0. The molecule has 0 spiro atoms. The molecule has 0 radical (unpaired) electrons. The minimum Gasteiger partial charge on any atom is -0.389 e. The maximum Gasteiger partial charge on any atom is 0.229 e. The molecule has 5 atom stereocenters. The van der Waals surface area contributed by atoms with E-state index < -0.39 is 23.7 Å². The van der Waals surface area contributed by atoms with Gasteiger partial charge in [-0.3, -0.25) is 4.79 Å². The molecular formula is C20H20N8O3. The first-order valence-corrected chi connectivity index (χ1v) is 9.81. The van der Waals surface area contributed by atoms with E-state index in [2.05, 4.69) is 47.4 Å². The van der Waals surface area contributed by atoms with Crippen molar-refractivity contribution in [1.82, 2.24) is 34.8 Å². The number of aliphatic hydroxyl groups is 2. The fraction of sp³-hybridized carbons (Fsp3) is 0.400. The molecular weight excluding hydrogens is 400 g/mol. The predicted molar refractivity (Wildman–Crippen MR) is 109 cm³/mol. The average molecular weight is 420 g/mol. The molecule has 2 fully saturated rings. The molecule has 0 unspecified atom stereocenters. The summed E-state index contributed by atoms with van der Waals surface area (Å²) in [5, 5.41) is 27.0. The summed E-state index contributed by atoms with van der Waals surface area (Å²) in [7, 11) is 3.24. The molecule has 3 aromatic rings. The van der Waals surface area contributed by atoms with Crippen molar-refractivity contribution in [3.05, 3.63) is 36.4 Å². The fourth-order valence-electron chi connectivity index (χ4n) is 4.63. The average Bonchev–Trinajstić information content (AvgIpc) is 3.34. The molecule has 2 saturated carbocycles. The van der Waals surface area contributed by atoms with Gasteiger partial charge in [-0.25, -0.2) is 24.9 Å². The van der Waals surface area contributed by atoms with E-state index in [1.54, 1.807) is 36.4 Å². The summed E-state index contributed by atoms with van der Waals surface area (Å²) in [4.78, 5) is 33.9. The van der Waals surface area contributed by atoms with Gasteiger partial charge in [0.15, 0.2) is 17.0 Å². The van der Waals surface area contributed by atoms with Gasteiger partial charge in [0.05, 0.1) is 23.9 Å². The lowest BCUT2D eigenvalue weighted by molar-refractivity contribution is -0.132. The summed E-state index contributed by atoms with van der Waals surface area (Å²) in [6, 6.07) is 1.15. The molecule has 11 heteroatoms. The van der Waals surface area contributed by atoms with E-state index in [1.165, 1.54) is 7.05 Å². The van der Waals surface area contributed by atoms with Crippen molar-refractivity contribution in [1.29, 1.82) is 0 Å². The lowest BCUT2D eigenvalue weighted by Crippen LogP contribution is -2.41. The van der Waals surface area contributed by atoms with Crippen LogP contribution in [-0.4, -0.2) is 71.9 Å². The SMILES string of the molecule is CNC(=O)[C@@]12C[C@@H]1[C@@H](n1cnc3c(NC)nc(C#Cc4ncccn4)nc31)[C@H](O)[C@@H]2O. The predicted octanol–water partition coefficient (Wildman–Crippen LogP) is -0.913. The Kier molecular flexibility index (Phi) is 4.35. The number of amides is 1. The monoisotopic (exact) mass is 420 g/mol. The number of anilines is 1. The number of aromatic nitrogens is 6. The Labute approximate surface area is 177 Å². The molecule has 3 aromatic heterocycles. The number of nitrogens with zero attached hydrogens (tertiary/aromatic N) is 6. The van der Waals surface area contributed by atoms with Crippen LogP contribution in [0.5, 0.6) is 0 Å². The lowest BCUT2D eigenvalue weighted by atomic mass is 9.98. The second kappa shape index (κ2) is 6.97. The van der Waals surface area contributed by atoms with Crippen LogP contribution in [0.3, 0.4) is 0 Å². The zero-order valence-electron chi connectivity index (χ0n) is 16.8. The molecule has 0 aliphatic heterocycles. The van der Waals surface area contributed by atoms with E-state index in [-0.39, 0.29) is 17.6 Å². The zero-order chi connectivity index (χ0) is 21.8. The smallest absolute Gasteiger partial charge is 0.229 e. The zero-order valence-corrected chi connectivity index (χ0v) is 16.8. The Morgan fingerprint density at radius 3 is 2.61 bits per heavy atom. The third kappa shape index (κ3) is 2.76. The van der Waals surface area contributed by atoms with E-state index in [0.29, 0.717) is 29.2 Å². The van der Waals surface area contributed by atoms with Gasteiger partial charge in [-0.1, -0.05) is 0 Å². The van der Waals surface area contributed by atoms with Crippen LogP contribution in [-0.2, 0) is 4.79 Å². The Morgan fingerprint density at radius 1 is 1.16 bits per heavy atom. The van der Waals surface area contributed by atoms with Gasteiger partial charge in [-0.05, 0) is 24.3 Å². The van der Waals surface area contributed by atoms with Crippen molar-refractivity contribution >= 4 is 22.9 Å². The first kappa shape index (κ1) is 19.3. The van der Waals surface area contributed by atoms with Gasteiger partial charge in [0.1, 0.15) is 6.10 Å². The number of hydrogen-bond donors (Lipinski definition) is 4. The van der Waals surface area contributed by atoms with Gasteiger partial charge >= 0.3 is 0 Å². The van der Waals surface area contributed by atoms with Crippen molar-refractivity contribution in [2.24, 2.45) is 11.3 Å². The van der Waals surface area contributed by atoms with Crippen LogP contribution in [0.15, 0.2) is 24.8 Å². The molecule has 158 valence electrons. The van der Waals surface area contributed by atoms with Gasteiger partial charge in [0, 0.05) is 32.4 Å². The minimum absolute atomic E-state index is 0.227. The van der Waals surface area contributed by atoms with Crippen LogP contribution in [0.25, 0.3) is 11.2 Å². The highest BCUT2D eigenvalue weighted by molar-refractivity contribution is 5.88. The molecule has 31 heavy (non-hydrogen) atoms. The molecule has 3 heterocycles. The van der Waals surface area contributed by atoms with Crippen LogP contribution >= 0.6 is 0 Å². The highest BCUT2D eigenvalue weighted by atomic mass is 16.3. The van der Waals surface area contributed by atoms with Crippen LogP contribution < -0.4 is 10.6 Å². The van der Waals surface area contributed by atoms with E-state index in [0.717, 1.165) is 0 Å². The lowest BCUT2D eigenvalue weighted by Gasteiger charge is -2.23. The molecule has 0 saturated heterocycles. The number of rotatable bonds is 3. The minimum atomic E-state index is -1.17. The first-order chi connectivity index (χ1) is 15.0. The Bertz CT molecular complexity index is 1230. The normalized spacial score (nSPS) is 28.5. The van der Waals surface area contributed by atoms with Crippen LogP contribution in [0.1, 0.15) is 24.1 Å². The molecule has 0 bridgehead atoms. The summed E-state index contributed by atoms with van der Waals surface area (Å²) >= 11 is 0. The quantitative estimate of drug-likeness (QED) is 0.395. The maximum absolute atomic E-state index is 12.4. The van der Waals surface area contributed by atoms with Gasteiger partial charge in [0.2, 0.25) is 17.6 Å². The Morgan fingerprint density at radius 2 is 1.90 bits per heavy atom. The summed E-state index contributed by atoms with van der Waals surface area (Å²) in [5.74, 6) is 6.23. The third-order valence-electron chi connectivity index (χ3n) is 6.15. The fourth-order valence-corrected chi connectivity index (χ4v) is 4.63. The second-order valence-corrected chi connectivity index (χ2v) is 7.65. The number of fused-ring (bicyclic) bond motifs is 2. The second-order valence-electron chi connectivity index (χ2n) is 7.65. The van der Waals surface area contributed by atoms with Crippen molar-refractivity contribution in [3.63, 3.8) is 0 Å². The van der Waals surface area contributed by atoms with E-state index >= 15 is 0 Å². The molecule has 2 aliphatic carbocycles. The molecule has 0 aromatic carbocycles. The molecule has 2 aliphatic rings. The van der Waals surface area contributed by atoms with Crippen LogP contribution in [0.2, 0.25) is 0 Å². The number of hydrogen-bond acceptors (Lipinski definition) is 9. The number of carbonyl (C=O) groups is 1. The largest absolute Gasteiger partial charge is 0.389 e. The Balaban J connectivity index is 1.58. The van der Waals surface area contributed by atoms with Gasteiger partial charge in [-0.15, -0.1) is 0 Å². The van der Waals surface area contributed by atoms with E-state index in [1.807, 2.05) is 0 Å². The van der Waals surface area contributed by atoms with E-state index in [4.69, 9.17) is 0 Å². The van der Waals surface area contributed by atoms with Crippen molar-refractivity contribution < 1.29 is 15.0 Å². The first-order valence-electron chi connectivity index (χ1n) is 9.81. The molecule has 11 nitrogen and oxygen atoms in total. The molecule has 1 amide bonds. The third-order valence-corrected chi connectivity index (χ3v) is 6.15. The van der Waals surface area contributed by atoms with Crippen molar-refractivity contribution in [3.8, 4) is 11.8 Å². The standard InChI is InChI=1S/C20H20N8O3/c1-21-17-13-18(27-12(26-17)5-4-11-23-6-3-7-24-11)28(9-25-13)14-10-8-20(10,19(31)22-2)16(30)15(14)29/h3,6-7,9-10,14-16,29-30H,8H2,1-2H3,(H,22,31)(H,21,26,27)/t10-,14-,15+,16+,20+/m1/s1. The Hall–Kier alpha value is -3.62. The van der Waals surface area contributed by atoms with Crippen molar-refractivity contribution in [2.75, 3.05) is 19.4 Å². The maximum atomic E-state index is 12.4.